The van der Waals surface area contributed by atoms with Gasteiger partial charge in [0.1, 0.15) is 6.04 Å². The lowest BCUT2D eigenvalue weighted by atomic mass is 9.91. The summed E-state index contributed by atoms with van der Waals surface area (Å²) in [6.45, 7) is 12.8. The Balaban J connectivity index is 2.08. The van der Waals surface area contributed by atoms with Crippen LogP contribution in [0.4, 0.5) is 0 Å². The highest BCUT2D eigenvalue weighted by Gasteiger charge is 2.41. The van der Waals surface area contributed by atoms with Gasteiger partial charge in [0.2, 0.25) is 17.7 Å². The third-order valence-corrected chi connectivity index (χ3v) is 4.91. The van der Waals surface area contributed by atoms with Crippen molar-refractivity contribution in [1.82, 2.24) is 15.1 Å². The van der Waals surface area contributed by atoms with Gasteiger partial charge in [-0.1, -0.05) is 27.7 Å². The van der Waals surface area contributed by atoms with Crippen molar-refractivity contribution in [2.45, 2.75) is 72.5 Å². The number of carbonyl (C=O) groups is 3. The molecule has 0 aromatic heterocycles. The van der Waals surface area contributed by atoms with Crippen LogP contribution in [-0.4, -0.2) is 58.7 Å². The quantitative estimate of drug-likeness (QED) is 0.786. The molecule has 0 saturated carbocycles. The van der Waals surface area contributed by atoms with Gasteiger partial charge in [0.05, 0.1) is 0 Å². The maximum absolute atomic E-state index is 12.9. The molecule has 4 atom stereocenters. The van der Waals surface area contributed by atoms with E-state index in [1.165, 1.54) is 0 Å². The van der Waals surface area contributed by atoms with Crippen LogP contribution in [0.1, 0.15) is 54.4 Å². The van der Waals surface area contributed by atoms with Gasteiger partial charge in [-0.2, -0.15) is 0 Å². The fourth-order valence-electron chi connectivity index (χ4n) is 3.85. The van der Waals surface area contributed by atoms with Crippen LogP contribution >= 0.6 is 0 Å². The Morgan fingerprint density at radius 3 is 2.08 bits per heavy atom. The molecule has 2 rings (SSSR count). The zero-order valence-electron chi connectivity index (χ0n) is 15.8. The summed E-state index contributed by atoms with van der Waals surface area (Å²) in [7, 11) is 0. The molecule has 0 aromatic carbocycles. The Morgan fingerprint density at radius 2 is 1.62 bits per heavy atom. The van der Waals surface area contributed by atoms with Crippen molar-refractivity contribution < 1.29 is 14.4 Å². The second kappa shape index (κ2) is 6.73. The standard InChI is InChI=1S/C18H31N3O3/c1-11-7-14(19-15(22)8-11)16(23)21-12(2)9-20(10-13(21)3)17(24)18(4,5)6/h11-14H,7-10H2,1-6H3,(H,19,22)/t11-,12-,13+,14-/m0/s1. The Bertz CT molecular complexity index is 514. The molecule has 2 saturated heterocycles. The molecule has 0 aliphatic carbocycles. The number of nitrogens with zero attached hydrogens (tertiary/aromatic N) is 2. The molecule has 0 unspecified atom stereocenters. The Kier molecular flexibility index (Phi) is 5.25. The van der Waals surface area contributed by atoms with Crippen LogP contribution in [0.25, 0.3) is 0 Å². The fraction of sp³-hybridized carbons (Fsp3) is 0.833. The Labute approximate surface area is 144 Å². The van der Waals surface area contributed by atoms with Crippen molar-refractivity contribution in [3.8, 4) is 0 Å². The second-order valence-corrected chi connectivity index (χ2v) is 8.57. The molecule has 2 fully saturated rings. The molecular weight excluding hydrogens is 306 g/mol. The molecule has 1 N–H and O–H groups in total. The lowest BCUT2D eigenvalue weighted by Crippen LogP contribution is -2.64. The number of piperidine rings is 1. The van der Waals surface area contributed by atoms with Crippen LogP contribution in [0, 0.1) is 11.3 Å². The SMILES string of the molecule is C[C@@H]1CC(=O)N[C@H](C(=O)N2[C@H](C)CN(C(=O)C(C)(C)C)C[C@@H]2C)C1. The molecule has 6 heteroatoms. The van der Waals surface area contributed by atoms with Gasteiger partial charge in [0.25, 0.3) is 0 Å². The Morgan fingerprint density at radius 1 is 1.08 bits per heavy atom. The predicted octanol–water partition coefficient (Wildman–Crippen LogP) is 1.40. The molecule has 6 nitrogen and oxygen atoms in total. The summed E-state index contributed by atoms with van der Waals surface area (Å²) in [6, 6.07) is -0.542. The molecule has 24 heavy (non-hydrogen) atoms. The van der Waals surface area contributed by atoms with Crippen LogP contribution in [0.15, 0.2) is 0 Å². The lowest BCUT2D eigenvalue weighted by Gasteiger charge is -2.47. The summed E-state index contributed by atoms with van der Waals surface area (Å²) in [4.78, 5) is 41.0. The highest BCUT2D eigenvalue weighted by Crippen LogP contribution is 2.25. The van der Waals surface area contributed by atoms with Crippen molar-refractivity contribution >= 4 is 17.7 Å². The van der Waals surface area contributed by atoms with Gasteiger partial charge in [-0.3, -0.25) is 14.4 Å². The molecule has 3 amide bonds. The van der Waals surface area contributed by atoms with Crippen molar-refractivity contribution in [3.05, 3.63) is 0 Å². The normalized spacial score (nSPS) is 31.7. The molecule has 0 radical (unpaired) electrons. The first kappa shape index (κ1) is 18.7. The van der Waals surface area contributed by atoms with Crippen LogP contribution in [0.3, 0.4) is 0 Å². The largest absolute Gasteiger partial charge is 0.344 e. The van der Waals surface area contributed by atoms with Crippen LogP contribution in [0.5, 0.6) is 0 Å². The van der Waals surface area contributed by atoms with E-state index in [1.54, 1.807) is 0 Å². The maximum Gasteiger partial charge on any atom is 0.245 e. The highest BCUT2D eigenvalue weighted by atomic mass is 16.2. The molecule has 0 bridgehead atoms. The van der Waals surface area contributed by atoms with Gasteiger partial charge >= 0.3 is 0 Å². The second-order valence-electron chi connectivity index (χ2n) is 8.57. The van der Waals surface area contributed by atoms with Crippen molar-refractivity contribution in [3.63, 3.8) is 0 Å². The average Bonchev–Trinajstić information content (AvgIpc) is 2.43. The number of hydrogen-bond acceptors (Lipinski definition) is 3. The number of carbonyl (C=O) groups excluding carboxylic acids is 3. The smallest absolute Gasteiger partial charge is 0.245 e. The van der Waals surface area contributed by atoms with Crippen LogP contribution in [-0.2, 0) is 14.4 Å². The van der Waals surface area contributed by atoms with Gasteiger partial charge in [-0.05, 0) is 26.2 Å². The molecular formula is C18H31N3O3. The van der Waals surface area contributed by atoms with Crippen LogP contribution < -0.4 is 5.32 Å². The van der Waals surface area contributed by atoms with Gasteiger partial charge in [0, 0.05) is 37.0 Å². The summed E-state index contributed by atoms with van der Waals surface area (Å²) in [6.07, 6.45) is 1.17. The number of amides is 3. The summed E-state index contributed by atoms with van der Waals surface area (Å²) >= 11 is 0. The van der Waals surface area contributed by atoms with Gasteiger partial charge in [-0.25, -0.2) is 0 Å². The summed E-state index contributed by atoms with van der Waals surface area (Å²) in [5.74, 6) is 0.279. The number of rotatable bonds is 1. The third kappa shape index (κ3) is 3.90. The van der Waals surface area contributed by atoms with Crippen molar-refractivity contribution in [2.75, 3.05) is 13.1 Å². The van der Waals surface area contributed by atoms with Crippen molar-refractivity contribution in [1.29, 1.82) is 0 Å². The Hall–Kier alpha value is -1.59. The lowest BCUT2D eigenvalue weighted by molar-refractivity contribution is -0.153. The monoisotopic (exact) mass is 337 g/mol. The molecule has 0 spiro atoms. The molecule has 2 aliphatic heterocycles. The maximum atomic E-state index is 12.9. The van der Waals surface area contributed by atoms with Crippen molar-refractivity contribution in [2.24, 2.45) is 11.3 Å². The van der Waals surface area contributed by atoms with Gasteiger partial charge < -0.3 is 15.1 Å². The van der Waals surface area contributed by atoms with E-state index in [1.807, 2.05) is 51.3 Å². The minimum atomic E-state index is -0.434. The molecule has 136 valence electrons. The fourth-order valence-corrected chi connectivity index (χ4v) is 3.85. The molecule has 2 aliphatic rings. The molecule has 2 heterocycles. The first-order valence-electron chi connectivity index (χ1n) is 8.91. The topological polar surface area (TPSA) is 69.7 Å². The third-order valence-electron chi connectivity index (χ3n) is 4.91. The first-order chi connectivity index (χ1) is 11.0. The zero-order valence-corrected chi connectivity index (χ0v) is 15.8. The minimum absolute atomic E-state index is 0.0160. The number of nitrogens with one attached hydrogen (secondary N) is 1. The van der Waals surface area contributed by atoms with Gasteiger partial charge in [0.15, 0.2) is 0 Å². The van der Waals surface area contributed by atoms with E-state index in [0.717, 1.165) is 0 Å². The first-order valence-corrected chi connectivity index (χ1v) is 8.91. The summed E-state index contributed by atoms with van der Waals surface area (Å²) < 4.78 is 0. The zero-order chi connectivity index (χ0) is 18.2. The minimum Gasteiger partial charge on any atom is -0.344 e. The number of hydrogen-bond donors (Lipinski definition) is 1. The van der Waals surface area contributed by atoms with E-state index in [9.17, 15) is 14.4 Å². The molecule has 0 aromatic rings. The predicted molar refractivity (Wildman–Crippen MR) is 92.1 cm³/mol. The summed E-state index contributed by atoms with van der Waals surface area (Å²) in [5.41, 5.74) is -0.418. The van der Waals surface area contributed by atoms with Gasteiger partial charge in [-0.15, -0.1) is 0 Å². The van der Waals surface area contributed by atoms with Crippen LogP contribution in [0.2, 0.25) is 0 Å². The summed E-state index contributed by atoms with van der Waals surface area (Å²) in [5, 5.41) is 2.83. The van der Waals surface area contributed by atoms with E-state index in [-0.39, 0.29) is 35.7 Å². The van der Waals surface area contributed by atoms with E-state index in [2.05, 4.69) is 5.32 Å². The number of piperazine rings is 1. The average molecular weight is 337 g/mol. The van der Waals surface area contributed by atoms with E-state index in [4.69, 9.17) is 0 Å². The van der Waals surface area contributed by atoms with E-state index >= 15 is 0 Å². The van der Waals surface area contributed by atoms with E-state index in [0.29, 0.717) is 25.9 Å². The van der Waals surface area contributed by atoms with E-state index < -0.39 is 11.5 Å². The highest BCUT2D eigenvalue weighted by molar-refractivity contribution is 5.89.